The molecule has 0 saturated heterocycles. The van der Waals surface area contributed by atoms with E-state index in [2.05, 4.69) is 15.6 Å². The zero-order valence-electron chi connectivity index (χ0n) is 16.1. The number of carbonyl (C=O) groups is 1. The maximum atomic E-state index is 12.7. The van der Waals surface area contributed by atoms with Crippen molar-refractivity contribution in [2.45, 2.75) is 26.8 Å². The largest absolute Gasteiger partial charge is 0.496 e. The van der Waals surface area contributed by atoms with Crippen molar-refractivity contribution >= 4 is 22.4 Å². The molecule has 0 aliphatic carbocycles. The molecule has 28 heavy (non-hydrogen) atoms. The van der Waals surface area contributed by atoms with Gasteiger partial charge in [-0.3, -0.25) is 9.59 Å². The number of hydrazone groups is 1. The molecule has 1 N–H and O–H groups in total. The number of hydrogen-bond acceptors (Lipinski definition) is 5. The van der Waals surface area contributed by atoms with E-state index in [0.717, 1.165) is 11.3 Å². The predicted octanol–water partition coefficient (Wildman–Crippen LogP) is 2.77. The molecule has 0 unspecified atom stereocenters. The van der Waals surface area contributed by atoms with Crippen molar-refractivity contribution in [2.24, 2.45) is 5.10 Å². The van der Waals surface area contributed by atoms with Gasteiger partial charge >= 0.3 is 0 Å². The summed E-state index contributed by atoms with van der Waals surface area (Å²) in [6.45, 7) is 4.01. The van der Waals surface area contributed by atoms with Crippen molar-refractivity contribution in [3.8, 4) is 5.75 Å². The van der Waals surface area contributed by atoms with Crippen LogP contribution in [0, 0.1) is 0 Å². The molecule has 0 fully saturated rings. The van der Waals surface area contributed by atoms with Crippen molar-refractivity contribution in [2.75, 3.05) is 7.11 Å². The number of hydrogen-bond donors (Lipinski definition) is 1. The van der Waals surface area contributed by atoms with Crippen molar-refractivity contribution in [3.63, 3.8) is 0 Å². The molecule has 0 atom stereocenters. The van der Waals surface area contributed by atoms with E-state index in [4.69, 9.17) is 4.74 Å². The highest BCUT2D eigenvalue weighted by Crippen LogP contribution is 2.18. The molecular weight excluding hydrogens is 356 g/mol. The van der Waals surface area contributed by atoms with Crippen LogP contribution in [0.4, 0.5) is 0 Å². The first-order valence-electron chi connectivity index (χ1n) is 9.00. The van der Waals surface area contributed by atoms with Gasteiger partial charge in [-0.2, -0.15) is 10.2 Å². The molecule has 2 aromatic carbocycles. The molecule has 0 saturated carbocycles. The molecule has 0 radical (unpaired) electrons. The first kappa shape index (κ1) is 19.3. The first-order chi connectivity index (χ1) is 13.5. The molecule has 144 valence electrons. The number of ether oxygens (including phenoxy) is 1. The normalized spacial score (nSPS) is 11.5. The highest BCUT2D eigenvalue weighted by atomic mass is 16.5. The third-order valence-corrected chi connectivity index (χ3v) is 4.37. The van der Waals surface area contributed by atoms with Gasteiger partial charge in [0.1, 0.15) is 5.75 Å². The molecule has 0 aliphatic heterocycles. The molecule has 0 aliphatic rings. The Morgan fingerprint density at radius 3 is 2.54 bits per heavy atom. The highest BCUT2D eigenvalue weighted by Gasteiger charge is 2.16. The molecule has 3 aromatic rings. The summed E-state index contributed by atoms with van der Waals surface area (Å²) in [6, 6.07) is 14.6. The second kappa shape index (κ2) is 8.47. The van der Waals surface area contributed by atoms with Crippen LogP contribution >= 0.6 is 0 Å². The lowest BCUT2D eigenvalue weighted by Gasteiger charge is -2.09. The maximum absolute atomic E-state index is 12.7. The number of nitrogens with zero attached hydrogens (tertiary/aromatic N) is 3. The van der Waals surface area contributed by atoms with E-state index in [9.17, 15) is 9.59 Å². The maximum Gasteiger partial charge on any atom is 0.292 e. The Morgan fingerprint density at radius 1 is 1.14 bits per heavy atom. The lowest BCUT2D eigenvalue weighted by Crippen LogP contribution is -2.29. The number of aromatic nitrogens is 2. The van der Waals surface area contributed by atoms with Crippen molar-refractivity contribution in [1.82, 2.24) is 15.2 Å². The molecule has 0 bridgehead atoms. The fourth-order valence-electron chi connectivity index (χ4n) is 2.98. The summed E-state index contributed by atoms with van der Waals surface area (Å²) in [4.78, 5) is 25.1. The van der Waals surface area contributed by atoms with Crippen molar-refractivity contribution < 1.29 is 9.53 Å². The highest BCUT2D eigenvalue weighted by molar-refractivity contribution is 6.05. The number of benzene rings is 2. The van der Waals surface area contributed by atoms with E-state index in [0.29, 0.717) is 29.4 Å². The summed E-state index contributed by atoms with van der Waals surface area (Å²) in [5, 5.41) is 9.37. The van der Waals surface area contributed by atoms with Crippen LogP contribution in [0.3, 0.4) is 0 Å². The average Bonchev–Trinajstić information content (AvgIpc) is 2.73. The number of fused-ring (bicyclic) bond motifs is 1. The summed E-state index contributed by atoms with van der Waals surface area (Å²) in [7, 11) is 1.62. The topological polar surface area (TPSA) is 85.6 Å². The van der Waals surface area contributed by atoms with Gasteiger partial charge in [0.05, 0.1) is 12.5 Å². The third-order valence-electron chi connectivity index (χ3n) is 4.37. The monoisotopic (exact) mass is 378 g/mol. The van der Waals surface area contributed by atoms with Crippen LogP contribution in [0.5, 0.6) is 5.75 Å². The van der Waals surface area contributed by atoms with Gasteiger partial charge < -0.3 is 4.74 Å². The van der Waals surface area contributed by atoms with Gasteiger partial charge in [0.15, 0.2) is 5.69 Å². The second-order valence-corrected chi connectivity index (χ2v) is 6.29. The molecule has 0 spiro atoms. The molecule has 1 heterocycles. The SMILES string of the molecule is CCn1nc(C(=O)N/N=C(/C)Cc2ccccc2OC)c2ccccc2c1=O. The summed E-state index contributed by atoms with van der Waals surface area (Å²) in [5.74, 6) is 0.309. The Hall–Kier alpha value is -3.48. The summed E-state index contributed by atoms with van der Waals surface area (Å²) < 4.78 is 6.62. The van der Waals surface area contributed by atoms with Gasteiger partial charge in [0.25, 0.3) is 11.5 Å². The van der Waals surface area contributed by atoms with E-state index in [-0.39, 0.29) is 11.3 Å². The van der Waals surface area contributed by atoms with Gasteiger partial charge in [-0.05, 0) is 31.5 Å². The average molecular weight is 378 g/mol. The number of carbonyl (C=O) groups excluding carboxylic acids is 1. The minimum absolute atomic E-state index is 0.172. The zero-order chi connectivity index (χ0) is 20.1. The fourth-order valence-corrected chi connectivity index (χ4v) is 2.98. The van der Waals surface area contributed by atoms with Crippen LogP contribution in [0.2, 0.25) is 0 Å². The molecule has 1 aromatic heterocycles. The fraction of sp³-hybridized carbons (Fsp3) is 0.238. The number of amides is 1. The van der Waals surface area contributed by atoms with Gasteiger partial charge in [0.2, 0.25) is 0 Å². The second-order valence-electron chi connectivity index (χ2n) is 6.29. The van der Waals surface area contributed by atoms with E-state index in [1.807, 2.05) is 31.2 Å². The smallest absolute Gasteiger partial charge is 0.292 e. The Balaban J connectivity index is 1.86. The molecule has 3 rings (SSSR count). The minimum Gasteiger partial charge on any atom is -0.496 e. The Bertz CT molecular complexity index is 1100. The molecule has 1 amide bonds. The Kier molecular flexibility index (Phi) is 5.84. The number of para-hydroxylation sites is 1. The summed E-state index contributed by atoms with van der Waals surface area (Å²) in [5.41, 5.74) is 4.19. The van der Waals surface area contributed by atoms with Crippen LogP contribution in [0.15, 0.2) is 58.4 Å². The quantitative estimate of drug-likeness (QED) is 0.528. The van der Waals surface area contributed by atoms with Crippen LogP contribution in [-0.4, -0.2) is 28.5 Å². The lowest BCUT2D eigenvalue weighted by atomic mass is 10.1. The molecular formula is C21H22N4O3. The van der Waals surface area contributed by atoms with Gasteiger partial charge in [-0.1, -0.05) is 36.4 Å². The number of nitrogens with one attached hydrogen (secondary N) is 1. The zero-order valence-corrected chi connectivity index (χ0v) is 16.1. The number of rotatable bonds is 6. The van der Waals surface area contributed by atoms with Gasteiger partial charge in [-0.15, -0.1) is 0 Å². The van der Waals surface area contributed by atoms with Crippen LogP contribution in [-0.2, 0) is 13.0 Å². The van der Waals surface area contributed by atoms with E-state index < -0.39 is 5.91 Å². The summed E-state index contributed by atoms with van der Waals surface area (Å²) in [6.07, 6.45) is 0.535. The van der Waals surface area contributed by atoms with Crippen LogP contribution < -0.4 is 15.7 Å². The number of methoxy groups -OCH3 is 1. The van der Waals surface area contributed by atoms with E-state index in [1.165, 1.54) is 4.68 Å². The Morgan fingerprint density at radius 2 is 1.82 bits per heavy atom. The lowest BCUT2D eigenvalue weighted by molar-refractivity contribution is 0.0949. The van der Waals surface area contributed by atoms with Crippen molar-refractivity contribution in [1.29, 1.82) is 0 Å². The first-order valence-corrected chi connectivity index (χ1v) is 9.00. The minimum atomic E-state index is -0.460. The third kappa shape index (κ3) is 3.93. The summed E-state index contributed by atoms with van der Waals surface area (Å²) >= 11 is 0. The van der Waals surface area contributed by atoms with Gasteiger partial charge in [-0.25, -0.2) is 10.1 Å². The standard InChI is InChI=1S/C21H22N4O3/c1-4-25-21(27)17-11-7-6-10-16(17)19(24-25)20(26)23-22-14(2)13-15-9-5-8-12-18(15)28-3/h5-12H,4,13H2,1-3H3,(H,23,26)/b22-14-. The van der Waals surface area contributed by atoms with Crippen molar-refractivity contribution in [3.05, 3.63) is 70.1 Å². The van der Waals surface area contributed by atoms with E-state index >= 15 is 0 Å². The molecule has 7 nitrogen and oxygen atoms in total. The predicted molar refractivity (Wildman–Crippen MR) is 109 cm³/mol. The molecule has 7 heteroatoms. The van der Waals surface area contributed by atoms with Crippen LogP contribution in [0.1, 0.15) is 29.9 Å². The van der Waals surface area contributed by atoms with Crippen LogP contribution in [0.25, 0.3) is 10.8 Å². The Labute approximate surface area is 162 Å². The van der Waals surface area contributed by atoms with Gasteiger partial charge in [0, 0.05) is 24.1 Å². The van der Waals surface area contributed by atoms with E-state index in [1.54, 1.807) is 38.3 Å². The number of aryl methyl sites for hydroxylation is 1.